The van der Waals surface area contributed by atoms with Crippen molar-refractivity contribution in [1.82, 2.24) is 24.9 Å². The number of thiocarbonyl (C=S) groups is 4. The molecule has 0 aliphatic carbocycles. The number of pyridine rings is 5. The monoisotopic (exact) mass is 987 g/mol. The maximum atomic E-state index is 9.53. The van der Waals surface area contributed by atoms with Gasteiger partial charge in [0.2, 0.25) is 0 Å². The maximum Gasteiger partial charge on any atom is 1.00 e. The van der Waals surface area contributed by atoms with Crippen LogP contribution >= 0.6 is 82.2 Å². The van der Waals surface area contributed by atoms with E-state index in [2.05, 4.69) is 36.3 Å². The smallest absolute Gasteiger partial charge is 0.411 e. The number of thioether (sulfide) groups is 1. The number of nitrogens with zero attached hydrogens (tertiary/aromatic N) is 10. The van der Waals surface area contributed by atoms with E-state index in [4.69, 9.17) is 66.2 Å². The molecule has 0 radical (unpaired) electrons. The second-order valence-electron chi connectivity index (χ2n) is 13.4. The Labute approximate surface area is 424 Å². The van der Waals surface area contributed by atoms with Gasteiger partial charge in [0.25, 0.3) is 0 Å². The zero-order chi connectivity index (χ0) is 46.1. The van der Waals surface area contributed by atoms with Gasteiger partial charge in [0.1, 0.15) is 9.07 Å². The number of methoxy groups -OCH3 is 1. The van der Waals surface area contributed by atoms with Crippen LogP contribution in [0.4, 0.5) is 28.4 Å². The van der Waals surface area contributed by atoms with Crippen molar-refractivity contribution in [3.05, 3.63) is 123 Å². The van der Waals surface area contributed by atoms with Gasteiger partial charge in [-0.2, -0.15) is 5.26 Å². The van der Waals surface area contributed by atoms with E-state index < -0.39 is 4.75 Å². The average Bonchev–Trinajstić information content (AvgIpc) is 3.31. The van der Waals surface area contributed by atoms with E-state index >= 15 is 0 Å². The van der Waals surface area contributed by atoms with Gasteiger partial charge in [-0.3, -0.25) is 24.9 Å². The van der Waals surface area contributed by atoms with Crippen LogP contribution in [0.5, 0.6) is 0 Å². The van der Waals surface area contributed by atoms with E-state index in [1.807, 2.05) is 131 Å². The molecule has 0 fully saturated rings. The Balaban J connectivity index is 0.000000447. The van der Waals surface area contributed by atoms with Crippen LogP contribution in [0, 0.1) is 11.3 Å². The first-order chi connectivity index (χ1) is 29.5. The van der Waals surface area contributed by atoms with E-state index in [0.29, 0.717) is 15.1 Å². The second-order valence-corrected chi connectivity index (χ2v) is 19.9. The molecule has 0 amide bonds. The van der Waals surface area contributed by atoms with Gasteiger partial charge in [0, 0.05) is 139 Å². The molecule has 328 valence electrons. The summed E-state index contributed by atoms with van der Waals surface area (Å²) in [5.74, 6) is 0. The van der Waals surface area contributed by atoms with E-state index in [0.717, 1.165) is 37.1 Å². The van der Waals surface area contributed by atoms with E-state index in [1.54, 1.807) is 74.0 Å². The van der Waals surface area contributed by atoms with Crippen molar-refractivity contribution < 1.29 is 23.6 Å². The molecule has 1 unspecified atom stereocenters. The van der Waals surface area contributed by atoms with Gasteiger partial charge in [0.05, 0.1) is 11.7 Å². The van der Waals surface area contributed by atoms with Crippen LogP contribution in [-0.4, -0.2) is 94.9 Å². The van der Waals surface area contributed by atoms with Gasteiger partial charge in [0.15, 0.2) is 8.64 Å². The van der Waals surface area contributed by atoms with Crippen LogP contribution in [0.3, 0.4) is 0 Å². The minimum atomic E-state index is -0.641. The third-order valence-corrected chi connectivity index (χ3v) is 14.3. The molecule has 0 spiro atoms. The number of hydrogen-bond acceptors (Lipinski definition) is 16. The van der Waals surface area contributed by atoms with Gasteiger partial charge >= 0.3 is 18.9 Å². The topological polar surface area (TPSA) is 122 Å². The molecule has 1 N–H and O–H groups in total. The molecule has 0 saturated carbocycles. The number of anilines is 5. The van der Waals surface area contributed by atoms with Gasteiger partial charge in [-0.1, -0.05) is 52.7 Å². The van der Waals surface area contributed by atoms with Crippen LogP contribution in [0.25, 0.3) is 0 Å². The summed E-state index contributed by atoms with van der Waals surface area (Å²) < 4.78 is 7.36. The van der Waals surface area contributed by atoms with Crippen LogP contribution in [0.2, 0.25) is 0 Å². The van der Waals surface area contributed by atoms with E-state index in [1.165, 1.54) is 33.3 Å². The van der Waals surface area contributed by atoms with Gasteiger partial charge in [-0.15, -0.1) is 0 Å². The van der Waals surface area contributed by atoms with Crippen LogP contribution < -0.4 is 43.8 Å². The van der Waals surface area contributed by atoms with Gasteiger partial charge < -0.3 is 54.5 Å². The minimum Gasteiger partial charge on any atom is -0.411 e. The first kappa shape index (κ1) is 57.4. The molecule has 5 aromatic rings. The summed E-state index contributed by atoms with van der Waals surface area (Å²) >= 11 is 27.4. The van der Waals surface area contributed by atoms with E-state index in [9.17, 15) is 5.26 Å². The molecule has 0 aliphatic heterocycles. The summed E-state index contributed by atoms with van der Waals surface area (Å²) in [6.45, 7) is 5.84. The van der Waals surface area contributed by atoms with E-state index in [-0.39, 0.29) is 24.5 Å². The summed E-state index contributed by atoms with van der Waals surface area (Å²) in [4.78, 5) is 27.2. The number of ether oxygens (including phenoxy) is 1. The molecule has 63 heavy (non-hydrogen) atoms. The number of rotatable bonds is 9. The predicted octanol–water partition coefficient (Wildman–Crippen LogP) is 7.11. The molecule has 5 aromatic heterocycles. The summed E-state index contributed by atoms with van der Waals surface area (Å²) in [6.07, 6.45) is 17.9. The van der Waals surface area contributed by atoms with Crippen molar-refractivity contribution in [2.24, 2.45) is 0 Å². The summed E-state index contributed by atoms with van der Waals surface area (Å²) in [6, 6.07) is 21.3. The Kier molecular flexibility index (Phi) is 27.8. The zero-order valence-corrected chi connectivity index (χ0v) is 43.4. The fourth-order valence-corrected chi connectivity index (χ4v) is 9.10. The molecule has 0 aromatic carbocycles. The normalized spacial score (nSPS) is 10.9. The molecule has 0 bridgehead atoms. The first-order valence-electron chi connectivity index (χ1n) is 18.4. The molecular formula is C42H50LiN11OS8. The molecule has 5 rings (SSSR count). The fourth-order valence-electron chi connectivity index (χ4n) is 4.64. The van der Waals surface area contributed by atoms with Crippen molar-refractivity contribution >= 4 is 141 Å². The third-order valence-electron chi connectivity index (χ3n) is 8.31. The van der Waals surface area contributed by atoms with Crippen molar-refractivity contribution in [1.29, 1.82) is 5.26 Å². The standard InChI is InChI=1S/C15H21N3OS2.C14H14N4S4.C7H8N2S2.C6H8N2.Li/c1-14(2,19-5)10-15(3,11-16)21-13(20)18(4)12-6-8-17-9-7-12;1-17(11-3-7-15-8-4-11)13(19)21-22-14(20)18(2)12-5-9-16-10-6-12;1-9(7(10)11)6-2-4-8-5-3-6;1-7-6-2-4-8-5-3-6;/h6-9H,10H2,1-5H3;3-10H,1-2H3;2-5H,1H3,(H,10,11);2-5H,1H3,(H,7,8);/q;;;;+1/p-1. The van der Waals surface area contributed by atoms with Crippen LogP contribution in [0.1, 0.15) is 27.2 Å². The Morgan fingerprint density at radius 1 is 0.619 bits per heavy atom. The number of hydrogen-bond donors (Lipinski definition) is 1. The summed E-state index contributed by atoms with van der Waals surface area (Å²) in [7, 11) is 14.1. The Morgan fingerprint density at radius 2 is 0.921 bits per heavy atom. The minimum absolute atomic E-state index is 0. The number of nitriles is 1. The summed E-state index contributed by atoms with van der Waals surface area (Å²) in [5.41, 5.74) is 4.65. The molecule has 5 heterocycles. The van der Waals surface area contributed by atoms with Gasteiger partial charge in [-0.05, 0) is 103 Å². The maximum absolute atomic E-state index is 9.53. The molecule has 0 saturated heterocycles. The van der Waals surface area contributed by atoms with Crippen molar-refractivity contribution in [2.45, 2.75) is 37.5 Å². The molecule has 21 heteroatoms. The Hall–Kier alpha value is -3.57. The predicted molar refractivity (Wildman–Crippen MR) is 285 cm³/mol. The third kappa shape index (κ3) is 21.8. The zero-order valence-electron chi connectivity index (χ0n) is 36.9. The SMILES string of the molecule is CN(C(=S)SSC(=S)N(C)c1ccncc1)c1ccncc1.CN(C(=S)[S-])c1ccncc1.CNc1ccncc1.COC(C)(C)CC(C)(C#N)SC(=S)N(C)c1ccncc1.[Li+]. The first-order valence-corrected chi connectivity index (χ1v) is 23.4. The number of nitrogens with one attached hydrogen (secondary N) is 1. The Morgan fingerprint density at radius 3 is 1.19 bits per heavy atom. The fraction of sp³-hybridized carbons (Fsp3) is 0.286. The van der Waals surface area contributed by atoms with Crippen molar-refractivity contribution in [3.63, 3.8) is 0 Å². The average molecular weight is 988 g/mol. The van der Waals surface area contributed by atoms with Gasteiger partial charge in [-0.25, -0.2) is 0 Å². The van der Waals surface area contributed by atoms with Crippen LogP contribution in [0.15, 0.2) is 123 Å². The molecule has 1 atom stereocenters. The Bertz CT molecular complexity index is 2090. The molecule has 12 nitrogen and oxygen atoms in total. The van der Waals surface area contributed by atoms with Crippen molar-refractivity contribution in [2.75, 3.05) is 67.3 Å². The second kappa shape index (κ2) is 30.5. The van der Waals surface area contributed by atoms with Crippen molar-refractivity contribution in [3.8, 4) is 6.07 Å². The largest absolute Gasteiger partial charge is 1.00 e. The summed E-state index contributed by atoms with van der Waals surface area (Å²) in [5, 5.41) is 12.5. The van der Waals surface area contributed by atoms with Crippen LogP contribution in [-0.2, 0) is 17.4 Å². The molecular weight excluding hydrogens is 938 g/mol. The number of aromatic nitrogens is 5. The quantitative estimate of drug-likeness (QED) is 0.0698. The molecule has 0 aliphatic rings.